The second-order valence-corrected chi connectivity index (χ2v) is 4.36. The smallest absolute Gasteiger partial charge is 0.0622 e. The highest BCUT2D eigenvalue weighted by molar-refractivity contribution is 9.09. The van der Waals surface area contributed by atoms with Crippen molar-refractivity contribution in [1.82, 2.24) is 4.90 Å². The highest BCUT2D eigenvalue weighted by Gasteiger charge is 2.20. The second-order valence-electron chi connectivity index (χ2n) is 3.57. The van der Waals surface area contributed by atoms with Crippen LogP contribution in [0.15, 0.2) is 0 Å². The van der Waals surface area contributed by atoms with Crippen molar-refractivity contribution in [3.05, 3.63) is 0 Å². The summed E-state index contributed by atoms with van der Waals surface area (Å²) < 4.78 is 5.46. The molecule has 0 aromatic heterocycles. The van der Waals surface area contributed by atoms with Gasteiger partial charge >= 0.3 is 0 Å². The number of ether oxygens (including phenoxy) is 1. The highest BCUT2D eigenvalue weighted by atomic mass is 79.9. The van der Waals surface area contributed by atoms with E-state index in [9.17, 15) is 0 Å². The van der Waals surface area contributed by atoms with Crippen LogP contribution >= 0.6 is 15.9 Å². The molecule has 1 atom stereocenters. The number of hydrogen-bond acceptors (Lipinski definition) is 2. The average Bonchev–Trinajstić information content (AvgIpc) is 2.19. The first-order chi connectivity index (χ1) is 6.38. The van der Waals surface area contributed by atoms with Gasteiger partial charge in [-0.2, -0.15) is 0 Å². The summed E-state index contributed by atoms with van der Waals surface area (Å²) in [6, 6.07) is 0.670. The van der Waals surface area contributed by atoms with E-state index < -0.39 is 0 Å². The third-order valence-electron chi connectivity index (χ3n) is 2.65. The summed E-state index contributed by atoms with van der Waals surface area (Å²) in [5, 5.41) is 1.13. The van der Waals surface area contributed by atoms with Crippen LogP contribution in [0.3, 0.4) is 0 Å². The van der Waals surface area contributed by atoms with Crippen molar-refractivity contribution in [1.29, 1.82) is 0 Å². The van der Waals surface area contributed by atoms with Crippen molar-refractivity contribution in [2.75, 3.05) is 31.6 Å². The van der Waals surface area contributed by atoms with Gasteiger partial charge in [0.05, 0.1) is 13.2 Å². The largest absolute Gasteiger partial charge is 0.378 e. The van der Waals surface area contributed by atoms with Crippen LogP contribution in [0.5, 0.6) is 0 Å². The van der Waals surface area contributed by atoms with Gasteiger partial charge in [0.15, 0.2) is 0 Å². The van der Waals surface area contributed by atoms with Crippen molar-refractivity contribution in [3.63, 3.8) is 0 Å². The van der Waals surface area contributed by atoms with E-state index in [1.165, 1.54) is 25.8 Å². The van der Waals surface area contributed by atoms with E-state index in [1.54, 1.807) is 0 Å². The van der Waals surface area contributed by atoms with Crippen molar-refractivity contribution >= 4 is 15.9 Å². The number of nitrogens with zero attached hydrogens (tertiary/aromatic N) is 1. The van der Waals surface area contributed by atoms with Crippen LogP contribution in [0.2, 0.25) is 0 Å². The lowest BCUT2D eigenvalue weighted by atomic mass is 10.1. The van der Waals surface area contributed by atoms with E-state index in [2.05, 4.69) is 27.8 Å². The third kappa shape index (κ3) is 3.96. The molecule has 3 heteroatoms. The number of morpholine rings is 1. The maximum Gasteiger partial charge on any atom is 0.0622 e. The molecule has 1 aliphatic heterocycles. The van der Waals surface area contributed by atoms with E-state index in [4.69, 9.17) is 4.74 Å². The minimum absolute atomic E-state index is 0.670. The topological polar surface area (TPSA) is 12.5 Å². The molecule has 0 aromatic rings. The van der Waals surface area contributed by atoms with Crippen LogP contribution in [0.1, 0.15) is 26.2 Å². The summed E-state index contributed by atoms with van der Waals surface area (Å²) in [6.45, 7) is 6.47. The highest BCUT2D eigenvalue weighted by Crippen LogP contribution is 2.11. The number of halogens is 1. The Hall–Kier alpha value is 0.400. The summed E-state index contributed by atoms with van der Waals surface area (Å²) in [4.78, 5) is 2.58. The molecular formula is C10H20BrNO. The Morgan fingerprint density at radius 3 is 3.00 bits per heavy atom. The molecule has 0 saturated carbocycles. The molecule has 0 spiro atoms. The number of rotatable bonds is 5. The first kappa shape index (κ1) is 11.5. The van der Waals surface area contributed by atoms with Crippen molar-refractivity contribution in [3.8, 4) is 0 Å². The number of alkyl halides is 1. The Kier molecular flexibility index (Phi) is 6.00. The van der Waals surface area contributed by atoms with Crippen molar-refractivity contribution in [2.45, 2.75) is 32.2 Å². The van der Waals surface area contributed by atoms with E-state index in [0.717, 1.165) is 25.1 Å². The molecule has 0 radical (unpaired) electrons. The molecule has 1 saturated heterocycles. The maximum absolute atomic E-state index is 5.46. The Labute approximate surface area is 89.8 Å². The van der Waals surface area contributed by atoms with Gasteiger partial charge in [-0.15, -0.1) is 0 Å². The van der Waals surface area contributed by atoms with Gasteiger partial charge < -0.3 is 4.74 Å². The molecule has 78 valence electrons. The van der Waals surface area contributed by atoms with Crippen LogP contribution in [-0.2, 0) is 4.74 Å². The molecule has 1 unspecified atom stereocenters. The standard InChI is InChI=1S/C10H20BrNO/c1-2-10-9-13-8-7-12(10)6-4-3-5-11/h10H,2-9H2,1H3. The molecule has 13 heavy (non-hydrogen) atoms. The lowest BCUT2D eigenvalue weighted by molar-refractivity contribution is -0.00894. The van der Waals surface area contributed by atoms with Crippen LogP contribution < -0.4 is 0 Å². The quantitative estimate of drug-likeness (QED) is 0.548. The van der Waals surface area contributed by atoms with Gasteiger partial charge in [0, 0.05) is 17.9 Å². The molecule has 0 N–H and O–H groups in total. The Morgan fingerprint density at radius 2 is 2.31 bits per heavy atom. The van der Waals surface area contributed by atoms with E-state index in [1.807, 2.05) is 0 Å². The van der Waals surface area contributed by atoms with E-state index >= 15 is 0 Å². The summed E-state index contributed by atoms with van der Waals surface area (Å²) in [5.74, 6) is 0. The number of unbranched alkanes of at least 4 members (excludes halogenated alkanes) is 1. The van der Waals surface area contributed by atoms with Gasteiger partial charge in [-0.1, -0.05) is 22.9 Å². The molecule has 1 aliphatic rings. The lowest BCUT2D eigenvalue weighted by Gasteiger charge is -2.34. The fraction of sp³-hybridized carbons (Fsp3) is 1.00. The summed E-state index contributed by atoms with van der Waals surface area (Å²) in [7, 11) is 0. The first-order valence-electron chi connectivity index (χ1n) is 5.26. The molecule has 1 fully saturated rings. The summed E-state index contributed by atoms with van der Waals surface area (Å²) in [6.07, 6.45) is 3.81. The lowest BCUT2D eigenvalue weighted by Crippen LogP contribution is -2.45. The van der Waals surface area contributed by atoms with Gasteiger partial charge in [0.2, 0.25) is 0 Å². The Bertz CT molecular complexity index is 132. The normalized spacial score (nSPS) is 24.9. The fourth-order valence-corrected chi connectivity index (χ4v) is 2.17. The summed E-state index contributed by atoms with van der Waals surface area (Å²) in [5.41, 5.74) is 0. The van der Waals surface area contributed by atoms with Gasteiger partial charge in [-0.25, -0.2) is 0 Å². The van der Waals surface area contributed by atoms with Crippen molar-refractivity contribution < 1.29 is 4.74 Å². The van der Waals surface area contributed by atoms with Crippen LogP contribution in [0, 0.1) is 0 Å². The average molecular weight is 250 g/mol. The van der Waals surface area contributed by atoms with Gasteiger partial charge in [-0.3, -0.25) is 4.90 Å². The minimum atomic E-state index is 0.670. The predicted octanol–water partition coefficient (Wildman–Crippen LogP) is 2.27. The van der Waals surface area contributed by atoms with E-state index in [-0.39, 0.29) is 0 Å². The molecule has 0 amide bonds. The van der Waals surface area contributed by atoms with Crippen LogP contribution in [0.25, 0.3) is 0 Å². The van der Waals surface area contributed by atoms with Crippen LogP contribution in [-0.4, -0.2) is 42.6 Å². The van der Waals surface area contributed by atoms with Crippen LogP contribution in [0.4, 0.5) is 0 Å². The van der Waals surface area contributed by atoms with Gasteiger partial charge in [-0.05, 0) is 25.8 Å². The monoisotopic (exact) mass is 249 g/mol. The molecule has 0 bridgehead atoms. The predicted molar refractivity (Wildman–Crippen MR) is 59.5 cm³/mol. The van der Waals surface area contributed by atoms with Gasteiger partial charge in [0.1, 0.15) is 0 Å². The molecule has 2 nitrogen and oxygen atoms in total. The van der Waals surface area contributed by atoms with Crippen molar-refractivity contribution in [2.24, 2.45) is 0 Å². The molecule has 1 rings (SSSR count). The van der Waals surface area contributed by atoms with E-state index in [0.29, 0.717) is 6.04 Å². The maximum atomic E-state index is 5.46. The Balaban J connectivity index is 2.19. The third-order valence-corrected chi connectivity index (χ3v) is 3.21. The fourth-order valence-electron chi connectivity index (χ4n) is 1.77. The zero-order valence-electron chi connectivity index (χ0n) is 8.47. The number of hydrogen-bond donors (Lipinski definition) is 0. The molecule has 1 heterocycles. The molecule has 0 aliphatic carbocycles. The first-order valence-corrected chi connectivity index (χ1v) is 6.38. The van der Waals surface area contributed by atoms with Gasteiger partial charge in [0.25, 0.3) is 0 Å². The Morgan fingerprint density at radius 1 is 1.46 bits per heavy atom. The minimum Gasteiger partial charge on any atom is -0.378 e. The zero-order chi connectivity index (χ0) is 9.52. The molecule has 0 aromatic carbocycles. The zero-order valence-corrected chi connectivity index (χ0v) is 10.1. The summed E-state index contributed by atoms with van der Waals surface area (Å²) >= 11 is 3.46. The molecular weight excluding hydrogens is 230 g/mol. The second kappa shape index (κ2) is 6.80. The SMILES string of the molecule is CCC1COCCN1CCCCBr.